The largest absolute Gasteiger partial charge is 0.310 e. The molecule has 3 nitrogen and oxygen atoms in total. The normalized spacial score (nSPS) is 12.6. The smallest absolute Gasteiger partial charge is 0.0669 e. The zero-order valence-corrected chi connectivity index (χ0v) is 14.7. The van der Waals surface area contributed by atoms with Crippen LogP contribution < -0.4 is 5.32 Å². The summed E-state index contributed by atoms with van der Waals surface area (Å²) < 4.78 is 3.05. The van der Waals surface area contributed by atoms with Gasteiger partial charge in [0.15, 0.2) is 0 Å². The molecule has 1 atom stereocenters. The number of rotatable bonds is 7. The lowest BCUT2D eigenvalue weighted by molar-refractivity contribution is 0.525. The van der Waals surface area contributed by atoms with E-state index in [1.54, 1.807) is 0 Å². The Morgan fingerprint density at radius 2 is 1.95 bits per heavy atom. The lowest BCUT2D eigenvalue weighted by Gasteiger charge is -2.19. The summed E-state index contributed by atoms with van der Waals surface area (Å²) in [6, 6.07) is 8.92. The standard InChI is InChI=1S/C17H24BrN3/c1-4-10-19-17(11-13-6-8-14(18)9-7-13)15-12-21(3)20-16(15)5-2/h6-9,12,17,19H,4-5,10-11H2,1-3H3. The van der Waals surface area contributed by atoms with E-state index in [1.165, 1.54) is 16.8 Å². The van der Waals surface area contributed by atoms with Gasteiger partial charge in [-0.15, -0.1) is 0 Å². The van der Waals surface area contributed by atoms with Crippen molar-refractivity contribution in [3.8, 4) is 0 Å². The summed E-state index contributed by atoms with van der Waals surface area (Å²) in [5, 5.41) is 8.25. The van der Waals surface area contributed by atoms with E-state index in [2.05, 4.69) is 70.7 Å². The van der Waals surface area contributed by atoms with Crippen LogP contribution in [0.4, 0.5) is 0 Å². The summed E-state index contributed by atoms with van der Waals surface area (Å²) >= 11 is 3.50. The molecule has 2 rings (SSSR count). The Bertz CT molecular complexity index is 560. The van der Waals surface area contributed by atoms with Crippen LogP contribution in [-0.2, 0) is 19.9 Å². The van der Waals surface area contributed by atoms with Crippen LogP contribution in [0.2, 0.25) is 0 Å². The molecule has 2 aromatic rings. The molecule has 114 valence electrons. The second kappa shape index (κ2) is 7.76. The first-order valence-electron chi connectivity index (χ1n) is 7.64. The molecule has 1 heterocycles. The summed E-state index contributed by atoms with van der Waals surface area (Å²) in [4.78, 5) is 0. The molecule has 0 aliphatic carbocycles. The molecule has 0 fully saturated rings. The van der Waals surface area contributed by atoms with Gasteiger partial charge in [0.05, 0.1) is 5.69 Å². The second-order valence-electron chi connectivity index (χ2n) is 5.40. The van der Waals surface area contributed by atoms with Gasteiger partial charge in [-0.05, 0) is 43.5 Å². The fourth-order valence-electron chi connectivity index (χ4n) is 2.59. The summed E-state index contributed by atoms with van der Waals surface area (Å²) in [7, 11) is 2.00. The number of aromatic nitrogens is 2. The zero-order chi connectivity index (χ0) is 15.2. The first-order chi connectivity index (χ1) is 10.1. The number of nitrogens with zero attached hydrogens (tertiary/aromatic N) is 2. The third kappa shape index (κ3) is 4.42. The SMILES string of the molecule is CCCNC(Cc1ccc(Br)cc1)c1cn(C)nc1CC. The van der Waals surface area contributed by atoms with Crippen molar-refractivity contribution >= 4 is 15.9 Å². The molecule has 1 N–H and O–H groups in total. The van der Waals surface area contributed by atoms with Gasteiger partial charge in [-0.3, -0.25) is 4.68 Å². The number of hydrogen-bond acceptors (Lipinski definition) is 2. The Balaban J connectivity index is 2.22. The lowest BCUT2D eigenvalue weighted by atomic mass is 9.98. The Labute approximate surface area is 135 Å². The minimum Gasteiger partial charge on any atom is -0.310 e. The highest BCUT2D eigenvalue weighted by atomic mass is 79.9. The molecule has 1 aromatic carbocycles. The maximum atomic E-state index is 4.58. The van der Waals surface area contributed by atoms with E-state index in [1.807, 2.05) is 11.7 Å². The van der Waals surface area contributed by atoms with Crippen LogP contribution in [0.1, 0.15) is 43.1 Å². The first kappa shape index (κ1) is 16.2. The lowest BCUT2D eigenvalue weighted by Crippen LogP contribution is -2.24. The summed E-state index contributed by atoms with van der Waals surface area (Å²) in [5.41, 5.74) is 3.87. The van der Waals surface area contributed by atoms with Gasteiger partial charge < -0.3 is 5.32 Å². The van der Waals surface area contributed by atoms with Crippen LogP contribution in [0.3, 0.4) is 0 Å². The molecule has 1 aromatic heterocycles. The Morgan fingerprint density at radius 3 is 2.57 bits per heavy atom. The quantitative estimate of drug-likeness (QED) is 0.817. The number of nitrogens with one attached hydrogen (secondary N) is 1. The van der Waals surface area contributed by atoms with Crippen LogP contribution in [0, 0.1) is 0 Å². The summed E-state index contributed by atoms with van der Waals surface area (Å²) in [6.07, 6.45) is 5.26. The fraction of sp³-hybridized carbons (Fsp3) is 0.471. The average molecular weight is 350 g/mol. The second-order valence-corrected chi connectivity index (χ2v) is 6.31. The van der Waals surface area contributed by atoms with Crippen molar-refractivity contribution in [3.05, 3.63) is 51.8 Å². The van der Waals surface area contributed by atoms with Gasteiger partial charge in [0.1, 0.15) is 0 Å². The molecule has 0 saturated carbocycles. The van der Waals surface area contributed by atoms with Gasteiger partial charge in [-0.25, -0.2) is 0 Å². The minimum absolute atomic E-state index is 0.328. The topological polar surface area (TPSA) is 29.9 Å². The molecule has 4 heteroatoms. The van der Waals surface area contributed by atoms with E-state index >= 15 is 0 Å². The third-order valence-corrected chi connectivity index (χ3v) is 4.17. The van der Waals surface area contributed by atoms with Gasteiger partial charge >= 0.3 is 0 Å². The van der Waals surface area contributed by atoms with Crippen molar-refractivity contribution in [1.82, 2.24) is 15.1 Å². The molecular weight excluding hydrogens is 326 g/mol. The molecular formula is C17H24BrN3. The summed E-state index contributed by atoms with van der Waals surface area (Å²) in [5.74, 6) is 0. The maximum Gasteiger partial charge on any atom is 0.0669 e. The number of halogens is 1. The van der Waals surface area contributed by atoms with Gasteiger partial charge in [0.2, 0.25) is 0 Å². The van der Waals surface area contributed by atoms with Crippen molar-refractivity contribution in [2.75, 3.05) is 6.54 Å². The Morgan fingerprint density at radius 1 is 1.24 bits per heavy atom. The van der Waals surface area contributed by atoms with Crippen molar-refractivity contribution in [2.45, 2.75) is 39.2 Å². The number of hydrogen-bond donors (Lipinski definition) is 1. The molecule has 21 heavy (non-hydrogen) atoms. The molecule has 0 radical (unpaired) electrons. The van der Waals surface area contributed by atoms with Crippen LogP contribution in [0.5, 0.6) is 0 Å². The summed E-state index contributed by atoms with van der Waals surface area (Å²) in [6.45, 7) is 5.40. The van der Waals surface area contributed by atoms with E-state index in [-0.39, 0.29) is 0 Å². The highest BCUT2D eigenvalue weighted by Crippen LogP contribution is 2.23. The fourth-order valence-corrected chi connectivity index (χ4v) is 2.85. The van der Waals surface area contributed by atoms with E-state index < -0.39 is 0 Å². The van der Waals surface area contributed by atoms with Gasteiger partial charge in [-0.2, -0.15) is 5.10 Å². The Kier molecular flexibility index (Phi) is 6.00. The maximum absolute atomic E-state index is 4.58. The van der Waals surface area contributed by atoms with Crippen molar-refractivity contribution in [2.24, 2.45) is 7.05 Å². The number of aryl methyl sites for hydroxylation is 2. The highest BCUT2D eigenvalue weighted by Gasteiger charge is 2.17. The van der Waals surface area contributed by atoms with E-state index in [0.717, 1.165) is 30.3 Å². The molecule has 0 spiro atoms. The van der Waals surface area contributed by atoms with Crippen LogP contribution in [0.15, 0.2) is 34.9 Å². The minimum atomic E-state index is 0.328. The van der Waals surface area contributed by atoms with Gasteiger partial charge in [-0.1, -0.05) is 41.9 Å². The first-order valence-corrected chi connectivity index (χ1v) is 8.43. The monoisotopic (exact) mass is 349 g/mol. The molecule has 0 aliphatic heterocycles. The third-order valence-electron chi connectivity index (χ3n) is 3.64. The zero-order valence-electron chi connectivity index (χ0n) is 13.1. The number of benzene rings is 1. The Hall–Kier alpha value is -1.13. The molecule has 0 bridgehead atoms. The van der Waals surface area contributed by atoms with Gasteiger partial charge in [0, 0.05) is 29.3 Å². The molecule has 0 aliphatic rings. The average Bonchev–Trinajstić information content (AvgIpc) is 2.86. The van der Waals surface area contributed by atoms with E-state index in [4.69, 9.17) is 0 Å². The van der Waals surface area contributed by atoms with Crippen LogP contribution in [0.25, 0.3) is 0 Å². The van der Waals surface area contributed by atoms with Crippen LogP contribution in [-0.4, -0.2) is 16.3 Å². The van der Waals surface area contributed by atoms with Crippen molar-refractivity contribution in [1.29, 1.82) is 0 Å². The molecule has 0 saturated heterocycles. The van der Waals surface area contributed by atoms with E-state index in [9.17, 15) is 0 Å². The van der Waals surface area contributed by atoms with E-state index in [0.29, 0.717) is 6.04 Å². The highest BCUT2D eigenvalue weighted by molar-refractivity contribution is 9.10. The predicted octanol–water partition coefficient (Wildman–Crippen LogP) is 4.03. The molecule has 1 unspecified atom stereocenters. The van der Waals surface area contributed by atoms with Gasteiger partial charge in [0.25, 0.3) is 0 Å². The molecule has 0 amide bonds. The van der Waals surface area contributed by atoms with Crippen molar-refractivity contribution in [3.63, 3.8) is 0 Å². The van der Waals surface area contributed by atoms with Crippen molar-refractivity contribution < 1.29 is 0 Å². The van der Waals surface area contributed by atoms with Crippen LogP contribution >= 0.6 is 15.9 Å². The predicted molar refractivity (Wildman–Crippen MR) is 91.5 cm³/mol.